The van der Waals surface area contributed by atoms with Gasteiger partial charge >= 0.3 is 0 Å². The maximum Gasteiger partial charge on any atom is 0.244 e. The molecule has 0 spiro atoms. The topological polar surface area (TPSA) is 118 Å². The number of hydrogen-bond acceptors (Lipinski definition) is 7. The quantitative estimate of drug-likeness (QED) is 0.649. The van der Waals surface area contributed by atoms with E-state index < -0.39 is 53.9 Å². The number of nitrogens with zero attached hydrogens (tertiary/aromatic N) is 1. The molecule has 3 aliphatic heterocycles. The summed E-state index contributed by atoms with van der Waals surface area (Å²) in [5.74, 6) is -0.949. The highest BCUT2D eigenvalue weighted by molar-refractivity contribution is 7.92. The molecule has 0 saturated carbocycles. The van der Waals surface area contributed by atoms with E-state index in [1.165, 1.54) is 10.4 Å². The summed E-state index contributed by atoms with van der Waals surface area (Å²) in [6.45, 7) is 3.54. The fourth-order valence-electron chi connectivity index (χ4n) is 4.56. The minimum atomic E-state index is -4.05. The highest BCUT2D eigenvalue weighted by Gasteiger charge is 2.57. The van der Waals surface area contributed by atoms with Crippen LogP contribution in [0.15, 0.2) is 23.1 Å². The Morgan fingerprint density at radius 3 is 1.93 bits per heavy atom. The second kappa shape index (κ2) is 5.99. The van der Waals surface area contributed by atoms with Gasteiger partial charge in [-0.3, -0.25) is 0 Å². The fraction of sp³-hybridized carbons (Fsp3) is 0.625. The highest BCUT2D eigenvalue weighted by Crippen LogP contribution is 2.36. The minimum absolute atomic E-state index is 0.0982. The summed E-state index contributed by atoms with van der Waals surface area (Å²) >= 11 is 0. The lowest BCUT2D eigenvalue weighted by Gasteiger charge is -2.44. The average molecular weight is 435 g/mol. The van der Waals surface area contributed by atoms with Crippen molar-refractivity contribution in [2.24, 2.45) is 0 Å². The molecule has 0 amide bonds. The molecule has 1 aromatic rings. The summed E-state index contributed by atoms with van der Waals surface area (Å²) in [5, 5.41) is 3.10. The molecule has 1 aromatic carbocycles. The third kappa shape index (κ3) is 3.23. The molecule has 4 atom stereocenters. The van der Waals surface area contributed by atoms with Crippen molar-refractivity contribution in [2.45, 2.75) is 42.9 Å². The van der Waals surface area contributed by atoms with E-state index in [2.05, 4.69) is 5.32 Å². The van der Waals surface area contributed by atoms with Gasteiger partial charge in [0.25, 0.3) is 0 Å². The predicted octanol–water partition coefficient (Wildman–Crippen LogP) is -0.771. The minimum Gasteiger partial charge on any atom is -0.306 e. The smallest absolute Gasteiger partial charge is 0.244 e. The van der Waals surface area contributed by atoms with Crippen LogP contribution in [-0.2, 0) is 29.7 Å². The molecule has 27 heavy (non-hydrogen) atoms. The lowest BCUT2D eigenvalue weighted by Crippen LogP contribution is -2.67. The number of rotatable bonds is 2. The Balaban J connectivity index is 1.86. The van der Waals surface area contributed by atoms with E-state index in [1.54, 1.807) is 19.1 Å². The number of fused-ring (bicyclic) bond motifs is 2. The molecule has 150 valence electrons. The van der Waals surface area contributed by atoms with Crippen LogP contribution in [0.5, 0.6) is 0 Å². The summed E-state index contributed by atoms with van der Waals surface area (Å²) in [6.07, 6.45) is 0. The first-order valence-corrected chi connectivity index (χ1v) is 13.8. The molecule has 0 aromatic heterocycles. The van der Waals surface area contributed by atoms with Crippen molar-refractivity contribution < 1.29 is 25.3 Å². The van der Waals surface area contributed by atoms with Gasteiger partial charge < -0.3 is 5.32 Å². The zero-order valence-corrected chi connectivity index (χ0v) is 17.4. The maximum absolute atomic E-state index is 13.5. The molecule has 3 heterocycles. The molecule has 1 N–H and O–H groups in total. The van der Waals surface area contributed by atoms with Crippen molar-refractivity contribution in [3.05, 3.63) is 29.3 Å². The molecule has 8 nitrogen and oxygen atoms in total. The van der Waals surface area contributed by atoms with Gasteiger partial charge in [-0.25, -0.2) is 25.3 Å². The van der Waals surface area contributed by atoms with E-state index in [0.29, 0.717) is 5.56 Å². The van der Waals surface area contributed by atoms with Gasteiger partial charge in [-0.15, -0.1) is 0 Å². The number of benzene rings is 1. The molecular formula is C16H22N2O6S3. The second-order valence-electron chi connectivity index (χ2n) is 7.77. The second-order valence-corrected chi connectivity index (χ2v) is 13.9. The summed E-state index contributed by atoms with van der Waals surface area (Å²) in [4.78, 5) is 0.0982. The maximum atomic E-state index is 13.5. The van der Waals surface area contributed by atoms with Crippen molar-refractivity contribution in [1.82, 2.24) is 9.62 Å². The molecule has 4 rings (SSSR count). The van der Waals surface area contributed by atoms with E-state index >= 15 is 0 Å². The lowest BCUT2D eigenvalue weighted by atomic mass is 10.0. The lowest BCUT2D eigenvalue weighted by molar-refractivity contribution is 0.160. The number of nitrogens with one attached hydrogen (secondary N) is 1. The monoisotopic (exact) mass is 434 g/mol. The van der Waals surface area contributed by atoms with E-state index in [9.17, 15) is 25.3 Å². The molecule has 11 heteroatoms. The third-order valence-electron chi connectivity index (χ3n) is 5.61. The summed E-state index contributed by atoms with van der Waals surface area (Å²) < 4.78 is 77.0. The van der Waals surface area contributed by atoms with Crippen LogP contribution in [0.1, 0.15) is 11.1 Å². The van der Waals surface area contributed by atoms with Crippen molar-refractivity contribution in [3.8, 4) is 0 Å². The predicted molar refractivity (Wildman–Crippen MR) is 101 cm³/mol. The largest absolute Gasteiger partial charge is 0.306 e. The zero-order chi connectivity index (χ0) is 19.8. The number of sulfonamides is 1. The first-order valence-electron chi connectivity index (χ1n) is 8.67. The van der Waals surface area contributed by atoms with E-state index in [1.807, 2.05) is 6.92 Å². The summed E-state index contributed by atoms with van der Waals surface area (Å²) in [7, 11) is -10.9. The Hall–Kier alpha value is -1.01. The number of hydrogen-bond donors (Lipinski definition) is 1. The van der Waals surface area contributed by atoms with Crippen LogP contribution in [0.4, 0.5) is 0 Å². The van der Waals surface area contributed by atoms with E-state index in [-0.39, 0.29) is 27.9 Å². The number of piperazine rings is 1. The number of sulfone groups is 2. The molecule has 3 saturated heterocycles. The zero-order valence-electron chi connectivity index (χ0n) is 15.0. The molecule has 3 aliphatic rings. The summed E-state index contributed by atoms with van der Waals surface area (Å²) in [5.41, 5.74) is 1.47. The van der Waals surface area contributed by atoms with Gasteiger partial charge in [0.15, 0.2) is 19.7 Å². The van der Waals surface area contributed by atoms with E-state index in [4.69, 9.17) is 0 Å². The van der Waals surface area contributed by atoms with Crippen LogP contribution in [0.3, 0.4) is 0 Å². The van der Waals surface area contributed by atoms with Crippen LogP contribution in [0.25, 0.3) is 0 Å². The van der Waals surface area contributed by atoms with Crippen molar-refractivity contribution >= 4 is 29.7 Å². The van der Waals surface area contributed by atoms with Gasteiger partial charge in [0.1, 0.15) is 0 Å². The van der Waals surface area contributed by atoms with Crippen molar-refractivity contribution in [3.63, 3.8) is 0 Å². The van der Waals surface area contributed by atoms with E-state index in [0.717, 1.165) is 5.56 Å². The van der Waals surface area contributed by atoms with Gasteiger partial charge in [0, 0.05) is 12.1 Å². The third-order valence-corrected chi connectivity index (χ3v) is 11.2. The summed E-state index contributed by atoms with van der Waals surface area (Å²) in [6, 6.07) is 2.17. The van der Waals surface area contributed by atoms with Crippen molar-refractivity contribution in [2.75, 3.05) is 23.0 Å². The average Bonchev–Trinajstić information content (AvgIpc) is 2.95. The van der Waals surface area contributed by atoms with Crippen molar-refractivity contribution in [1.29, 1.82) is 0 Å². The Labute approximate surface area is 159 Å². The molecule has 0 radical (unpaired) electrons. The Morgan fingerprint density at radius 1 is 0.926 bits per heavy atom. The van der Waals surface area contributed by atoms with Crippen LogP contribution in [0.2, 0.25) is 0 Å². The van der Waals surface area contributed by atoms with Crippen LogP contribution >= 0.6 is 0 Å². The molecule has 0 unspecified atom stereocenters. The normalized spacial score (nSPS) is 34.9. The van der Waals surface area contributed by atoms with Gasteiger partial charge in [-0.2, -0.15) is 4.31 Å². The van der Waals surface area contributed by atoms with Gasteiger partial charge in [0.05, 0.1) is 40.0 Å². The van der Waals surface area contributed by atoms with Gasteiger partial charge in [-0.1, -0.05) is 17.7 Å². The van der Waals surface area contributed by atoms with Crippen LogP contribution in [0, 0.1) is 13.8 Å². The number of aryl methyl sites for hydroxylation is 2. The molecule has 3 fully saturated rings. The standard InChI is InChI=1S/C16H22N2O6S3/c1-10-3-4-16(11(2)5-10)27(23,24)18-14-8-25(19,20)6-12(14)17-13-7-26(21,22)9-15(13)18/h3-5,12-15,17H,6-9H2,1-2H3/t12-,13-,14+,15+/m0/s1. The highest BCUT2D eigenvalue weighted by atomic mass is 32.2. The Kier molecular flexibility index (Phi) is 4.29. The fourth-order valence-corrected chi connectivity index (χ4v) is 10.7. The molecule has 0 bridgehead atoms. The van der Waals surface area contributed by atoms with Gasteiger partial charge in [0.2, 0.25) is 10.0 Å². The van der Waals surface area contributed by atoms with Gasteiger partial charge in [-0.05, 0) is 25.5 Å². The Morgan fingerprint density at radius 2 is 1.44 bits per heavy atom. The molecule has 0 aliphatic carbocycles. The first kappa shape index (κ1) is 19.3. The van der Waals surface area contributed by atoms with Crippen LogP contribution in [-0.4, -0.2) is 76.7 Å². The Bertz CT molecular complexity index is 1060. The first-order chi connectivity index (χ1) is 12.4. The SMILES string of the molecule is Cc1ccc(S(=O)(=O)N2[C@@H]3CS(=O)(=O)C[C@@H]3N[C@H]3CS(=O)(=O)C[C@H]32)c(C)c1. The molecular weight excluding hydrogens is 412 g/mol. The van der Waals surface area contributed by atoms with Crippen LogP contribution < -0.4 is 5.32 Å².